The lowest BCUT2D eigenvalue weighted by Gasteiger charge is -2.16. The molecule has 144 valence electrons. The Morgan fingerprint density at radius 1 is 1.21 bits per heavy atom. The fourth-order valence-corrected chi connectivity index (χ4v) is 3.35. The van der Waals surface area contributed by atoms with Crippen LogP contribution in [-0.2, 0) is 4.79 Å². The van der Waals surface area contributed by atoms with Crippen LogP contribution in [0.2, 0.25) is 0 Å². The normalized spacial score (nSPS) is 13.9. The van der Waals surface area contributed by atoms with E-state index in [-0.39, 0.29) is 5.91 Å². The number of rotatable bonds is 6. The number of hydrogen-bond acceptors (Lipinski definition) is 8. The summed E-state index contributed by atoms with van der Waals surface area (Å²) >= 11 is 0. The summed E-state index contributed by atoms with van der Waals surface area (Å²) in [6.07, 6.45) is 8.22. The largest absolute Gasteiger partial charge is 0.361 e. The van der Waals surface area contributed by atoms with Crippen molar-refractivity contribution in [1.29, 1.82) is 0 Å². The van der Waals surface area contributed by atoms with Crippen molar-refractivity contribution in [1.82, 2.24) is 30.0 Å². The maximum absolute atomic E-state index is 11.7. The summed E-state index contributed by atoms with van der Waals surface area (Å²) in [6, 6.07) is 0. The molecule has 3 aromatic rings. The Morgan fingerprint density at radius 2 is 2.11 bits per heavy atom. The third kappa shape index (κ3) is 3.55. The lowest BCUT2D eigenvalue weighted by Crippen LogP contribution is -2.30. The molecule has 3 aromatic heterocycles. The van der Waals surface area contributed by atoms with Crippen LogP contribution in [0.25, 0.3) is 22.5 Å². The van der Waals surface area contributed by atoms with E-state index in [9.17, 15) is 4.79 Å². The first-order valence-corrected chi connectivity index (χ1v) is 9.22. The van der Waals surface area contributed by atoms with Crippen LogP contribution in [0.15, 0.2) is 29.3 Å². The van der Waals surface area contributed by atoms with Gasteiger partial charge >= 0.3 is 0 Å². The number of carbonyl (C=O) groups excluding carboxylic acids is 1. The number of anilines is 1. The van der Waals surface area contributed by atoms with Gasteiger partial charge in [-0.1, -0.05) is 5.16 Å². The zero-order valence-corrected chi connectivity index (χ0v) is 15.8. The van der Waals surface area contributed by atoms with Crippen molar-refractivity contribution < 1.29 is 9.32 Å². The molecule has 1 N–H and O–H groups in total. The van der Waals surface area contributed by atoms with Crippen LogP contribution in [-0.4, -0.2) is 55.5 Å². The fourth-order valence-electron chi connectivity index (χ4n) is 3.35. The molecule has 4 rings (SSSR count). The zero-order chi connectivity index (χ0) is 19.5. The third-order valence-corrected chi connectivity index (χ3v) is 4.73. The molecule has 1 aliphatic heterocycles. The Hall–Kier alpha value is -3.36. The molecule has 0 aromatic carbocycles. The number of nitrogens with zero attached hydrogens (tertiary/aromatic N) is 6. The van der Waals surface area contributed by atoms with Crippen LogP contribution in [0.3, 0.4) is 0 Å². The van der Waals surface area contributed by atoms with Gasteiger partial charge in [-0.3, -0.25) is 14.8 Å². The van der Waals surface area contributed by atoms with Gasteiger partial charge < -0.3 is 14.7 Å². The Morgan fingerprint density at radius 3 is 2.79 bits per heavy atom. The summed E-state index contributed by atoms with van der Waals surface area (Å²) in [5.41, 5.74) is 3.68. The minimum Gasteiger partial charge on any atom is -0.361 e. The van der Waals surface area contributed by atoms with Crippen molar-refractivity contribution in [3.05, 3.63) is 36.2 Å². The maximum atomic E-state index is 11.7. The quantitative estimate of drug-likeness (QED) is 0.694. The van der Waals surface area contributed by atoms with Gasteiger partial charge in [0.15, 0.2) is 0 Å². The summed E-state index contributed by atoms with van der Waals surface area (Å²) in [6.45, 7) is 5.76. The average molecular weight is 379 g/mol. The molecule has 0 atom stereocenters. The van der Waals surface area contributed by atoms with E-state index < -0.39 is 0 Å². The zero-order valence-electron chi connectivity index (χ0n) is 15.8. The molecule has 1 amide bonds. The average Bonchev–Trinajstić information content (AvgIpc) is 3.27. The van der Waals surface area contributed by atoms with Crippen molar-refractivity contribution in [2.45, 2.75) is 26.7 Å². The van der Waals surface area contributed by atoms with Crippen LogP contribution in [0.1, 0.15) is 24.3 Å². The van der Waals surface area contributed by atoms with Crippen LogP contribution in [0.4, 0.5) is 5.95 Å². The molecule has 0 bridgehead atoms. The number of aromatic nitrogens is 5. The minimum absolute atomic E-state index is 0.206. The Kier molecular flexibility index (Phi) is 4.96. The van der Waals surface area contributed by atoms with Crippen molar-refractivity contribution in [2.24, 2.45) is 0 Å². The highest BCUT2D eigenvalue weighted by atomic mass is 16.5. The number of aryl methyl sites for hydroxylation is 2. The second kappa shape index (κ2) is 7.71. The van der Waals surface area contributed by atoms with E-state index in [1.54, 1.807) is 24.8 Å². The molecule has 4 heterocycles. The van der Waals surface area contributed by atoms with Gasteiger partial charge in [0.05, 0.1) is 28.8 Å². The van der Waals surface area contributed by atoms with Crippen LogP contribution < -0.4 is 5.32 Å². The summed E-state index contributed by atoms with van der Waals surface area (Å²) in [5, 5.41) is 7.25. The molecule has 0 saturated carbocycles. The lowest BCUT2D eigenvalue weighted by molar-refractivity contribution is -0.127. The van der Waals surface area contributed by atoms with Crippen LogP contribution in [0.5, 0.6) is 0 Å². The molecule has 0 spiro atoms. The van der Waals surface area contributed by atoms with E-state index in [0.29, 0.717) is 42.6 Å². The molecule has 1 fully saturated rings. The van der Waals surface area contributed by atoms with Crippen molar-refractivity contribution in [2.75, 3.05) is 25.0 Å². The van der Waals surface area contributed by atoms with Gasteiger partial charge in [-0.15, -0.1) is 0 Å². The first-order chi connectivity index (χ1) is 13.6. The molecule has 0 unspecified atom stereocenters. The fraction of sp³-hybridized carbons (Fsp3) is 0.368. The standard InChI is InChI=1S/C19H21N7O2/c1-12-17(13(2)28-25-12)18-14(15-11-20-5-6-21-15)10-23-19(24-18)22-7-9-26-8-3-4-16(26)27/h5-6,10-11H,3-4,7-9H2,1-2H3,(H,22,23,24). The van der Waals surface area contributed by atoms with Crippen molar-refractivity contribution in [3.8, 4) is 22.5 Å². The lowest BCUT2D eigenvalue weighted by atomic mass is 10.0. The molecule has 0 radical (unpaired) electrons. The van der Waals surface area contributed by atoms with Crippen molar-refractivity contribution >= 4 is 11.9 Å². The van der Waals surface area contributed by atoms with Gasteiger partial charge in [-0.2, -0.15) is 0 Å². The first kappa shape index (κ1) is 18.0. The van der Waals surface area contributed by atoms with E-state index >= 15 is 0 Å². The number of nitrogens with one attached hydrogen (secondary N) is 1. The number of hydrogen-bond donors (Lipinski definition) is 1. The summed E-state index contributed by atoms with van der Waals surface area (Å²) in [7, 11) is 0. The van der Waals surface area contributed by atoms with Crippen molar-refractivity contribution in [3.63, 3.8) is 0 Å². The van der Waals surface area contributed by atoms with Crippen LogP contribution >= 0.6 is 0 Å². The van der Waals surface area contributed by atoms with Gasteiger partial charge in [0.25, 0.3) is 0 Å². The van der Waals surface area contributed by atoms with E-state index in [2.05, 4.69) is 25.4 Å². The summed E-state index contributed by atoms with van der Waals surface area (Å²) < 4.78 is 5.33. The SMILES string of the molecule is Cc1noc(C)c1-c1nc(NCCN2CCCC2=O)ncc1-c1cnccn1. The summed E-state index contributed by atoms with van der Waals surface area (Å²) in [4.78, 5) is 31.2. The molecule has 28 heavy (non-hydrogen) atoms. The predicted molar refractivity (Wildman–Crippen MR) is 102 cm³/mol. The summed E-state index contributed by atoms with van der Waals surface area (Å²) in [5.74, 6) is 1.36. The van der Waals surface area contributed by atoms with E-state index in [0.717, 1.165) is 29.8 Å². The molecule has 9 heteroatoms. The minimum atomic E-state index is 0.206. The Bertz CT molecular complexity index is 968. The van der Waals surface area contributed by atoms with Gasteiger partial charge in [0, 0.05) is 50.2 Å². The van der Waals surface area contributed by atoms with E-state index in [1.807, 2.05) is 18.7 Å². The molecule has 1 aliphatic rings. The smallest absolute Gasteiger partial charge is 0.223 e. The molecule has 0 aliphatic carbocycles. The second-order valence-electron chi connectivity index (χ2n) is 6.66. The number of amides is 1. The van der Waals surface area contributed by atoms with Gasteiger partial charge in [0.2, 0.25) is 11.9 Å². The molecular formula is C19H21N7O2. The van der Waals surface area contributed by atoms with E-state index in [4.69, 9.17) is 9.51 Å². The monoisotopic (exact) mass is 379 g/mol. The van der Waals surface area contributed by atoms with Crippen LogP contribution in [0, 0.1) is 13.8 Å². The first-order valence-electron chi connectivity index (χ1n) is 9.22. The van der Waals surface area contributed by atoms with E-state index in [1.165, 1.54) is 0 Å². The molecule has 1 saturated heterocycles. The highest BCUT2D eigenvalue weighted by Crippen LogP contribution is 2.33. The van der Waals surface area contributed by atoms with Gasteiger partial charge in [-0.05, 0) is 20.3 Å². The highest BCUT2D eigenvalue weighted by Gasteiger charge is 2.21. The molecular weight excluding hydrogens is 358 g/mol. The highest BCUT2D eigenvalue weighted by molar-refractivity contribution is 5.81. The van der Waals surface area contributed by atoms with Gasteiger partial charge in [-0.25, -0.2) is 9.97 Å². The maximum Gasteiger partial charge on any atom is 0.223 e. The third-order valence-electron chi connectivity index (χ3n) is 4.73. The number of likely N-dealkylation sites (tertiary alicyclic amines) is 1. The second-order valence-corrected chi connectivity index (χ2v) is 6.66. The Balaban J connectivity index is 1.63. The van der Waals surface area contributed by atoms with Gasteiger partial charge in [0.1, 0.15) is 5.76 Å². The topological polar surface area (TPSA) is 110 Å². The molecule has 9 nitrogen and oxygen atoms in total. The number of carbonyl (C=O) groups is 1. The Labute approximate surface area is 162 Å². The predicted octanol–water partition coefficient (Wildman–Crippen LogP) is 2.24.